The quantitative estimate of drug-likeness (QED) is 0.325. The van der Waals surface area contributed by atoms with E-state index >= 15 is 0 Å². The largest absolute Gasteiger partial charge is 0.478 e. The van der Waals surface area contributed by atoms with E-state index < -0.39 is 5.97 Å². The zero-order valence-corrected chi connectivity index (χ0v) is 18.8. The minimum absolute atomic E-state index is 0. The van der Waals surface area contributed by atoms with E-state index in [9.17, 15) is 4.79 Å². The molecule has 0 bridgehead atoms. The van der Waals surface area contributed by atoms with Crippen LogP contribution in [0.5, 0.6) is 0 Å². The van der Waals surface area contributed by atoms with Crippen LogP contribution in [-0.2, 0) is 19.6 Å². The molecule has 4 rings (SSSR count). The summed E-state index contributed by atoms with van der Waals surface area (Å²) in [7, 11) is 0. The Labute approximate surface area is 196 Å². The van der Waals surface area contributed by atoms with Gasteiger partial charge >= 0.3 is 5.97 Å². The van der Waals surface area contributed by atoms with Gasteiger partial charge in [-0.1, -0.05) is 59.6 Å². The maximum absolute atomic E-state index is 11.0. The van der Waals surface area contributed by atoms with E-state index in [4.69, 9.17) is 28.3 Å². The van der Waals surface area contributed by atoms with Crippen LogP contribution in [0.1, 0.15) is 27.0 Å². The Balaban J connectivity index is 0.00000272. The molecule has 0 saturated carbocycles. The monoisotopic (exact) mass is 474 g/mol. The molecule has 0 unspecified atom stereocenters. The molecule has 0 aliphatic carbocycles. The number of carboxylic acids is 1. The fourth-order valence-corrected chi connectivity index (χ4v) is 4.00. The van der Waals surface area contributed by atoms with Crippen LogP contribution in [0.3, 0.4) is 0 Å². The van der Waals surface area contributed by atoms with Gasteiger partial charge in [0, 0.05) is 46.8 Å². The highest BCUT2D eigenvalue weighted by Gasteiger charge is 2.10. The van der Waals surface area contributed by atoms with Crippen LogP contribution >= 0.6 is 35.6 Å². The molecule has 0 fully saturated rings. The van der Waals surface area contributed by atoms with E-state index in [1.165, 1.54) is 10.9 Å². The molecule has 0 aliphatic heterocycles. The summed E-state index contributed by atoms with van der Waals surface area (Å²) >= 11 is 12.4. The molecule has 1 heterocycles. The zero-order valence-electron chi connectivity index (χ0n) is 16.5. The second-order valence-electron chi connectivity index (χ2n) is 7.14. The summed E-state index contributed by atoms with van der Waals surface area (Å²) in [6.07, 6.45) is 2.15. The first kappa shape index (κ1) is 23.2. The Morgan fingerprint density at radius 3 is 2.39 bits per heavy atom. The number of hydrogen-bond donors (Lipinski definition) is 2. The molecule has 4 aromatic rings. The van der Waals surface area contributed by atoms with Crippen LogP contribution < -0.4 is 5.32 Å². The normalized spacial score (nSPS) is 10.8. The average molecular weight is 476 g/mol. The van der Waals surface area contributed by atoms with E-state index in [-0.39, 0.29) is 12.4 Å². The molecule has 0 radical (unpaired) electrons. The molecule has 0 spiro atoms. The van der Waals surface area contributed by atoms with Crippen molar-refractivity contribution in [3.05, 3.63) is 105 Å². The van der Waals surface area contributed by atoms with Crippen molar-refractivity contribution in [1.29, 1.82) is 0 Å². The van der Waals surface area contributed by atoms with Crippen LogP contribution in [0.15, 0.2) is 72.9 Å². The molecule has 1 aromatic heterocycles. The minimum atomic E-state index is -0.914. The summed E-state index contributed by atoms with van der Waals surface area (Å²) in [6, 6.07) is 20.8. The van der Waals surface area contributed by atoms with E-state index in [0.29, 0.717) is 35.2 Å². The van der Waals surface area contributed by atoms with Gasteiger partial charge in [-0.2, -0.15) is 0 Å². The van der Waals surface area contributed by atoms with Gasteiger partial charge in [0.05, 0.1) is 5.56 Å². The average Bonchev–Trinajstić information content (AvgIpc) is 3.08. The molecule has 31 heavy (non-hydrogen) atoms. The molecule has 0 aliphatic rings. The maximum Gasteiger partial charge on any atom is 0.335 e. The van der Waals surface area contributed by atoms with Gasteiger partial charge in [0.2, 0.25) is 0 Å². The first-order valence-corrected chi connectivity index (χ1v) is 10.3. The van der Waals surface area contributed by atoms with Gasteiger partial charge in [-0.15, -0.1) is 12.4 Å². The Morgan fingerprint density at radius 2 is 1.68 bits per heavy atom. The first-order valence-electron chi connectivity index (χ1n) is 9.55. The number of nitrogens with one attached hydrogen (secondary N) is 1. The SMILES string of the molecule is Cl.O=C(O)c1ccc(CNCc2cn(Cc3ccc(Cl)cc3Cl)c3ccccc23)cc1. The standard InChI is InChI=1S/C24H20Cl2N2O2.ClH/c25-20-10-9-18(22(26)11-20)14-28-15-19(21-3-1-2-4-23(21)28)13-27-12-16-5-7-17(8-6-16)24(29)30;/h1-11,15,27H,12-14H2,(H,29,30);1H. The number of aromatic nitrogens is 1. The summed E-state index contributed by atoms with van der Waals surface area (Å²) in [4.78, 5) is 11.0. The van der Waals surface area contributed by atoms with Crippen LogP contribution in [0.4, 0.5) is 0 Å². The van der Waals surface area contributed by atoms with Crippen LogP contribution in [0.25, 0.3) is 10.9 Å². The number of rotatable bonds is 7. The highest BCUT2D eigenvalue weighted by Crippen LogP contribution is 2.26. The van der Waals surface area contributed by atoms with E-state index in [0.717, 1.165) is 16.6 Å². The number of para-hydroxylation sites is 1. The Bertz CT molecular complexity index is 1200. The summed E-state index contributed by atoms with van der Waals surface area (Å²) in [5, 5.41) is 14.9. The van der Waals surface area contributed by atoms with Gasteiger partial charge < -0.3 is 15.0 Å². The molecular formula is C24H21Cl3N2O2. The third-order valence-corrected chi connectivity index (χ3v) is 5.66. The number of benzene rings is 3. The van der Waals surface area contributed by atoms with Crippen molar-refractivity contribution < 1.29 is 9.90 Å². The van der Waals surface area contributed by atoms with Crippen LogP contribution in [0, 0.1) is 0 Å². The fraction of sp³-hybridized carbons (Fsp3) is 0.125. The first-order chi connectivity index (χ1) is 14.5. The van der Waals surface area contributed by atoms with E-state index in [1.807, 2.05) is 36.4 Å². The van der Waals surface area contributed by atoms with Gasteiger partial charge in [-0.05, 0) is 47.0 Å². The summed E-state index contributed by atoms with van der Waals surface area (Å²) < 4.78 is 2.20. The van der Waals surface area contributed by atoms with Gasteiger partial charge in [0.1, 0.15) is 0 Å². The van der Waals surface area contributed by atoms with Crippen LogP contribution in [0.2, 0.25) is 10.0 Å². The summed E-state index contributed by atoms with van der Waals surface area (Å²) in [5.74, 6) is -0.914. The third kappa shape index (κ3) is 5.41. The second-order valence-corrected chi connectivity index (χ2v) is 7.98. The Hall–Kier alpha value is -2.50. The lowest BCUT2D eigenvalue weighted by Crippen LogP contribution is -2.12. The molecule has 160 valence electrons. The molecule has 0 amide bonds. The minimum Gasteiger partial charge on any atom is -0.478 e. The lowest BCUT2D eigenvalue weighted by molar-refractivity contribution is 0.0697. The number of aromatic carboxylic acids is 1. The summed E-state index contributed by atoms with van der Waals surface area (Å²) in [6.45, 7) is 2.01. The third-order valence-electron chi connectivity index (χ3n) is 5.07. The van der Waals surface area contributed by atoms with Crippen LogP contribution in [-0.4, -0.2) is 15.6 Å². The zero-order chi connectivity index (χ0) is 21.1. The van der Waals surface area contributed by atoms with Crippen molar-refractivity contribution in [3.8, 4) is 0 Å². The number of carboxylic acid groups (broad SMARTS) is 1. The summed E-state index contributed by atoms with van der Waals surface area (Å²) in [5.41, 5.74) is 4.68. The lowest BCUT2D eigenvalue weighted by Gasteiger charge is -2.08. The molecule has 3 aromatic carbocycles. The predicted molar refractivity (Wildman–Crippen MR) is 129 cm³/mol. The van der Waals surface area contributed by atoms with Gasteiger partial charge in [-0.3, -0.25) is 0 Å². The number of halogens is 3. The maximum atomic E-state index is 11.0. The second kappa shape index (κ2) is 10.2. The molecular weight excluding hydrogens is 455 g/mol. The Morgan fingerprint density at radius 1 is 0.935 bits per heavy atom. The van der Waals surface area contributed by atoms with E-state index in [2.05, 4.69) is 28.2 Å². The smallest absolute Gasteiger partial charge is 0.335 e. The van der Waals surface area contributed by atoms with Crippen molar-refractivity contribution in [2.75, 3.05) is 0 Å². The topological polar surface area (TPSA) is 54.3 Å². The van der Waals surface area contributed by atoms with Crippen molar-refractivity contribution in [1.82, 2.24) is 9.88 Å². The number of hydrogen-bond acceptors (Lipinski definition) is 2. The number of nitrogens with zero attached hydrogens (tertiary/aromatic N) is 1. The molecule has 2 N–H and O–H groups in total. The van der Waals surface area contributed by atoms with Crippen molar-refractivity contribution in [2.24, 2.45) is 0 Å². The van der Waals surface area contributed by atoms with Gasteiger partial charge in [-0.25, -0.2) is 4.79 Å². The van der Waals surface area contributed by atoms with Gasteiger partial charge in [0.25, 0.3) is 0 Å². The molecule has 0 saturated heterocycles. The predicted octanol–water partition coefficient (Wildman–Crippen LogP) is 6.41. The Kier molecular flexibility index (Phi) is 7.63. The van der Waals surface area contributed by atoms with Crippen molar-refractivity contribution >= 4 is 52.5 Å². The highest BCUT2D eigenvalue weighted by atomic mass is 35.5. The van der Waals surface area contributed by atoms with Gasteiger partial charge in [0.15, 0.2) is 0 Å². The molecule has 7 heteroatoms. The van der Waals surface area contributed by atoms with Crippen molar-refractivity contribution in [3.63, 3.8) is 0 Å². The molecule has 4 nitrogen and oxygen atoms in total. The van der Waals surface area contributed by atoms with E-state index in [1.54, 1.807) is 18.2 Å². The number of carbonyl (C=O) groups is 1. The fourth-order valence-electron chi connectivity index (χ4n) is 3.53. The highest BCUT2D eigenvalue weighted by molar-refractivity contribution is 6.35. The lowest BCUT2D eigenvalue weighted by atomic mass is 10.1. The number of fused-ring (bicyclic) bond motifs is 1. The van der Waals surface area contributed by atoms with Crippen molar-refractivity contribution in [2.45, 2.75) is 19.6 Å². The molecule has 0 atom stereocenters.